The largest absolute Gasteiger partial charge is 0.457 e. The molecular formula is C39H72O4. The first-order chi connectivity index (χ1) is 21.2. The number of aliphatic hydroxyl groups excluding tert-OH is 1. The normalized spacial score (nSPS) is 12.7. The summed E-state index contributed by atoms with van der Waals surface area (Å²) in [5.41, 5.74) is 0. The fraction of sp³-hybridized carbons (Fsp3) is 0.821. The maximum atomic E-state index is 12.1. The summed E-state index contributed by atoms with van der Waals surface area (Å²) in [5.74, 6) is -0.214. The van der Waals surface area contributed by atoms with Crippen LogP contribution in [0.25, 0.3) is 0 Å². The molecule has 0 amide bonds. The van der Waals surface area contributed by atoms with Crippen LogP contribution in [0.1, 0.15) is 181 Å². The monoisotopic (exact) mass is 605 g/mol. The van der Waals surface area contributed by atoms with Gasteiger partial charge in [-0.25, -0.2) is 0 Å². The molecule has 0 radical (unpaired) electrons. The van der Waals surface area contributed by atoms with Crippen molar-refractivity contribution in [3.8, 4) is 0 Å². The van der Waals surface area contributed by atoms with Crippen molar-refractivity contribution in [1.82, 2.24) is 0 Å². The molecule has 1 unspecified atom stereocenters. The molecule has 43 heavy (non-hydrogen) atoms. The molecule has 0 aliphatic carbocycles. The first-order valence-corrected chi connectivity index (χ1v) is 18.6. The standard InChI is InChI=1S/C39H72O4/c1-3-5-7-9-11-13-15-17-19-20-21-23-25-27-29-31-33-35-42-37-38(36-40)43-39(41)34-32-30-28-26-24-22-18-16-14-12-10-8-6-4-2/h13,15-16,18-20,38,40H,3-12,14,17,21-37H2,1-2H3/b15-13-,18-16-,20-19-. The van der Waals surface area contributed by atoms with Crippen LogP contribution in [0.4, 0.5) is 0 Å². The molecular weight excluding hydrogens is 532 g/mol. The Morgan fingerprint density at radius 2 is 0.977 bits per heavy atom. The van der Waals surface area contributed by atoms with Gasteiger partial charge in [-0.05, 0) is 70.6 Å². The smallest absolute Gasteiger partial charge is 0.306 e. The van der Waals surface area contributed by atoms with Gasteiger partial charge in [0.25, 0.3) is 0 Å². The van der Waals surface area contributed by atoms with Crippen molar-refractivity contribution in [2.75, 3.05) is 19.8 Å². The molecule has 0 bridgehead atoms. The highest BCUT2D eigenvalue weighted by Gasteiger charge is 2.13. The zero-order chi connectivity index (χ0) is 31.3. The van der Waals surface area contributed by atoms with Gasteiger partial charge in [-0.15, -0.1) is 0 Å². The third-order valence-corrected chi connectivity index (χ3v) is 7.94. The fourth-order valence-electron chi connectivity index (χ4n) is 5.12. The van der Waals surface area contributed by atoms with Crippen molar-refractivity contribution in [3.05, 3.63) is 36.5 Å². The second-order valence-corrected chi connectivity index (χ2v) is 12.3. The summed E-state index contributed by atoms with van der Waals surface area (Å²) < 4.78 is 11.1. The lowest BCUT2D eigenvalue weighted by Gasteiger charge is -2.15. The van der Waals surface area contributed by atoms with E-state index in [-0.39, 0.29) is 19.2 Å². The Hall–Kier alpha value is -1.39. The predicted octanol–water partition coefficient (Wildman–Crippen LogP) is 11.8. The van der Waals surface area contributed by atoms with E-state index in [1.807, 2.05) is 0 Å². The lowest BCUT2D eigenvalue weighted by Crippen LogP contribution is -2.27. The Labute approximate surface area is 268 Å². The molecule has 0 aliphatic rings. The van der Waals surface area contributed by atoms with Crippen LogP contribution in [-0.4, -0.2) is 37.0 Å². The minimum absolute atomic E-state index is 0.179. The zero-order valence-electron chi connectivity index (χ0n) is 28.7. The molecule has 0 aliphatic heterocycles. The summed E-state index contributed by atoms with van der Waals surface area (Å²) in [4.78, 5) is 12.1. The van der Waals surface area contributed by atoms with E-state index in [9.17, 15) is 9.90 Å². The SMILES string of the molecule is CCCCCC/C=C\C/C=C\CCCCCCCCOCC(CO)OC(=O)CCCCCCC/C=C\CCCCCCC. The Morgan fingerprint density at radius 1 is 0.558 bits per heavy atom. The van der Waals surface area contributed by atoms with E-state index in [1.165, 1.54) is 128 Å². The molecule has 0 rings (SSSR count). The minimum atomic E-state index is -0.541. The van der Waals surface area contributed by atoms with Crippen LogP contribution >= 0.6 is 0 Å². The topological polar surface area (TPSA) is 55.8 Å². The average Bonchev–Trinajstić information content (AvgIpc) is 3.01. The molecule has 0 aromatic carbocycles. The van der Waals surface area contributed by atoms with E-state index in [2.05, 4.69) is 50.3 Å². The van der Waals surface area contributed by atoms with Gasteiger partial charge in [0, 0.05) is 13.0 Å². The Morgan fingerprint density at radius 3 is 1.49 bits per heavy atom. The molecule has 0 saturated carbocycles. The van der Waals surface area contributed by atoms with Crippen molar-refractivity contribution < 1.29 is 19.4 Å². The summed E-state index contributed by atoms with van der Waals surface area (Å²) in [7, 11) is 0. The van der Waals surface area contributed by atoms with Crippen molar-refractivity contribution in [2.45, 2.75) is 187 Å². The van der Waals surface area contributed by atoms with Gasteiger partial charge in [0.1, 0.15) is 6.10 Å². The van der Waals surface area contributed by atoms with Crippen LogP contribution in [0.5, 0.6) is 0 Å². The van der Waals surface area contributed by atoms with Gasteiger partial charge < -0.3 is 14.6 Å². The third kappa shape index (κ3) is 35.0. The van der Waals surface area contributed by atoms with Gasteiger partial charge >= 0.3 is 5.97 Å². The van der Waals surface area contributed by atoms with Crippen molar-refractivity contribution in [2.24, 2.45) is 0 Å². The number of carbonyl (C=O) groups excluding carboxylic acids is 1. The second kappa shape index (κ2) is 36.8. The molecule has 0 aromatic heterocycles. The number of esters is 1. The predicted molar refractivity (Wildman–Crippen MR) is 187 cm³/mol. The average molecular weight is 605 g/mol. The molecule has 252 valence electrons. The minimum Gasteiger partial charge on any atom is -0.457 e. The van der Waals surface area contributed by atoms with Gasteiger partial charge in [0.15, 0.2) is 0 Å². The zero-order valence-corrected chi connectivity index (χ0v) is 28.7. The van der Waals surface area contributed by atoms with E-state index < -0.39 is 6.10 Å². The quantitative estimate of drug-likeness (QED) is 0.0451. The van der Waals surface area contributed by atoms with Crippen LogP contribution in [0.2, 0.25) is 0 Å². The highest BCUT2D eigenvalue weighted by atomic mass is 16.6. The Kier molecular flexibility index (Phi) is 35.6. The van der Waals surface area contributed by atoms with Crippen molar-refractivity contribution in [1.29, 1.82) is 0 Å². The molecule has 4 nitrogen and oxygen atoms in total. The lowest BCUT2D eigenvalue weighted by atomic mass is 10.1. The van der Waals surface area contributed by atoms with E-state index in [0.717, 1.165) is 32.1 Å². The van der Waals surface area contributed by atoms with Crippen LogP contribution in [0, 0.1) is 0 Å². The number of aliphatic hydroxyl groups is 1. The molecule has 4 heteroatoms. The maximum Gasteiger partial charge on any atom is 0.306 e. The molecule has 0 spiro atoms. The number of hydrogen-bond acceptors (Lipinski definition) is 4. The second-order valence-electron chi connectivity index (χ2n) is 12.3. The number of rotatable bonds is 34. The molecule has 0 aromatic rings. The highest BCUT2D eigenvalue weighted by molar-refractivity contribution is 5.69. The summed E-state index contributed by atoms with van der Waals surface area (Å²) in [6.45, 7) is 5.29. The number of ether oxygens (including phenoxy) is 2. The van der Waals surface area contributed by atoms with Gasteiger partial charge in [0.2, 0.25) is 0 Å². The van der Waals surface area contributed by atoms with Crippen LogP contribution < -0.4 is 0 Å². The molecule has 0 fully saturated rings. The van der Waals surface area contributed by atoms with E-state index in [1.54, 1.807) is 0 Å². The summed E-state index contributed by atoms with van der Waals surface area (Å²) in [5, 5.41) is 9.55. The number of unbranched alkanes of at least 4 members (excludes halogenated alkanes) is 20. The van der Waals surface area contributed by atoms with Crippen LogP contribution in [0.15, 0.2) is 36.5 Å². The summed E-state index contributed by atoms with van der Waals surface area (Å²) >= 11 is 0. The summed E-state index contributed by atoms with van der Waals surface area (Å²) in [6, 6.07) is 0. The number of carbonyl (C=O) groups is 1. The van der Waals surface area contributed by atoms with Crippen LogP contribution in [-0.2, 0) is 14.3 Å². The molecule has 1 N–H and O–H groups in total. The van der Waals surface area contributed by atoms with Crippen LogP contribution in [0.3, 0.4) is 0 Å². The van der Waals surface area contributed by atoms with Gasteiger partial charge in [-0.2, -0.15) is 0 Å². The van der Waals surface area contributed by atoms with Gasteiger partial charge in [-0.1, -0.05) is 140 Å². The highest BCUT2D eigenvalue weighted by Crippen LogP contribution is 2.11. The first-order valence-electron chi connectivity index (χ1n) is 18.6. The number of allylic oxidation sites excluding steroid dienone is 6. The lowest BCUT2D eigenvalue weighted by molar-refractivity contribution is -0.154. The summed E-state index contributed by atoms with van der Waals surface area (Å²) in [6.07, 6.45) is 44.6. The van der Waals surface area contributed by atoms with E-state index >= 15 is 0 Å². The molecule has 1 atom stereocenters. The maximum absolute atomic E-state index is 12.1. The fourth-order valence-corrected chi connectivity index (χ4v) is 5.12. The third-order valence-electron chi connectivity index (χ3n) is 7.94. The van der Waals surface area contributed by atoms with Gasteiger partial charge in [-0.3, -0.25) is 4.79 Å². The first kappa shape index (κ1) is 41.6. The molecule has 0 heterocycles. The van der Waals surface area contributed by atoms with E-state index in [4.69, 9.17) is 9.47 Å². The Balaban J connectivity index is 3.48. The van der Waals surface area contributed by atoms with Gasteiger partial charge in [0.05, 0.1) is 13.2 Å². The van der Waals surface area contributed by atoms with Crippen molar-refractivity contribution >= 4 is 5.97 Å². The van der Waals surface area contributed by atoms with Crippen molar-refractivity contribution in [3.63, 3.8) is 0 Å². The van der Waals surface area contributed by atoms with E-state index in [0.29, 0.717) is 13.0 Å². The number of hydrogen-bond donors (Lipinski definition) is 1. The Bertz CT molecular complexity index is 639. The molecule has 0 saturated heterocycles.